The Morgan fingerprint density at radius 2 is 1.93 bits per heavy atom. The number of hydrogen-bond donors (Lipinski definition) is 0. The maximum absolute atomic E-state index is 12.4. The van der Waals surface area contributed by atoms with Crippen LogP contribution in [0, 0.1) is 11.3 Å². The molecule has 0 heterocycles. The largest absolute Gasteiger partial charge is 0.479 e. The molecule has 0 unspecified atom stereocenters. The standard InChI is InChI=1S/C21H26N2O4/c1-2-23(18-6-4-3-5-7-18)20(24)16-27-21(25)13-10-17-8-11-19(12-9-17)26-15-14-22/h8-13,18H,2-7,15-16H2,1H3/b13-10+. The van der Waals surface area contributed by atoms with Gasteiger partial charge in [-0.2, -0.15) is 5.26 Å². The van der Waals surface area contributed by atoms with E-state index in [0.717, 1.165) is 31.2 Å². The van der Waals surface area contributed by atoms with Crippen LogP contribution in [0.5, 0.6) is 5.75 Å². The molecule has 0 spiro atoms. The lowest BCUT2D eigenvalue weighted by Gasteiger charge is -2.33. The summed E-state index contributed by atoms with van der Waals surface area (Å²) >= 11 is 0. The van der Waals surface area contributed by atoms with Crippen molar-refractivity contribution < 1.29 is 19.1 Å². The Morgan fingerprint density at radius 3 is 2.56 bits per heavy atom. The number of nitrogens with zero attached hydrogens (tertiary/aromatic N) is 2. The Balaban J connectivity index is 1.79. The Bertz CT molecular complexity index is 685. The van der Waals surface area contributed by atoms with Crippen LogP contribution in [0.15, 0.2) is 30.3 Å². The van der Waals surface area contributed by atoms with Gasteiger partial charge in [-0.05, 0) is 43.5 Å². The van der Waals surface area contributed by atoms with Crippen LogP contribution < -0.4 is 4.74 Å². The highest BCUT2D eigenvalue weighted by Crippen LogP contribution is 2.22. The number of rotatable bonds is 8. The molecular weight excluding hydrogens is 344 g/mol. The van der Waals surface area contributed by atoms with Crippen molar-refractivity contribution in [3.05, 3.63) is 35.9 Å². The highest BCUT2D eigenvalue weighted by Gasteiger charge is 2.24. The summed E-state index contributed by atoms with van der Waals surface area (Å²) in [5.74, 6) is -0.0951. The van der Waals surface area contributed by atoms with Crippen LogP contribution in [0.25, 0.3) is 6.08 Å². The fraction of sp³-hybridized carbons (Fsp3) is 0.476. The molecule has 1 aromatic rings. The van der Waals surface area contributed by atoms with E-state index in [1.54, 1.807) is 30.3 Å². The van der Waals surface area contributed by atoms with Gasteiger partial charge in [-0.25, -0.2) is 4.79 Å². The third-order valence-electron chi connectivity index (χ3n) is 4.61. The Morgan fingerprint density at radius 1 is 1.22 bits per heavy atom. The molecule has 1 fully saturated rings. The lowest BCUT2D eigenvalue weighted by atomic mass is 9.94. The third-order valence-corrected chi connectivity index (χ3v) is 4.61. The van der Waals surface area contributed by atoms with Gasteiger partial charge in [0.05, 0.1) is 0 Å². The first kappa shape index (κ1) is 20.5. The summed E-state index contributed by atoms with van der Waals surface area (Å²) < 4.78 is 10.3. The number of ether oxygens (including phenoxy) is 2. The van der Waals surface area contributed by atoms with Gasteiger partial charge in [-0.1, -0.05) is 31.4 Å². The number of likely N-dealkylation sites (N-methyl/N-ethyl adjacent to an activating group) is 1. The lowest BCUT2D eigenvalue weighted by molar-refractivity contribution is -0.149. The minimum Gasteiger partial charge on any atom is -0.479 e. The van der Waals surface area contributed by atoms with Gasteiger partial charge < -0.3 is 14.4 Å². The summed E-state index contributed by atoms with van der Waals surface area (Å²) in [7, 11) is 0. The summed E-state index contributed by atoms with van der Waals surface area (Å²) in [6, 6.07) is 9.14. The van der Waals surface area contributed by atoms with E-state index in [1.165, 1.54) is 12.5 Å². The Labute approximate surface area is 160 Å². The van der Waals surface area contributed by atoms with Crippen molar-refractivity contribution in [2.75, 3.05) is 19.8 Å². The number of esters is 1. The highest BCUT2D eigenvalue weighted by molar-refractivity contribution is 5.89. The van der Waals surface area contributed by atoms with Crippen molar-refractivity contribution in [2.24, 2.45) is 0 Å². The molecule has 1 saturated carbocycles. The van der Waals surface area contributed by atoms with Gasteiger partial charge in [-0.3, -0.25) is 4.79 Å². The SMILES string of the molecule is CCN(C(=O)COC(=O)/C=C/c1ccc(OCC#N)cc1)C1CCCCC1. The number of nitriles is 1. The van der Waals surface area contributed by atoms with Crippen molar-refractivity contribution in [3.8, 4) is 11.8 Å². The van der Waals surface area contributed by atoms with Crippen molar-refractivity contribution >= 4 is 18.0 Å². The molecule has 0 radical (unpaired) electrons. The molecule has 1 aliphatic carbocycles. The molecule has 0 bridgehead atoms. The fourth-order valence-corrected chi connectivity index (χ4v) is 3.25. The van der Waals surface area contributed by atoms with Gasteiger partial charge >= 0.3 is 5.97 Å². The maximum atomic E-state index is 12.4. The van der Waals surface area contributed by atoms with Crippen LogP contribution in [0.4, 0.5) is 0 Å². The number of benzene rings is 1. The van der Waals surface area contributed by atoms with Gasteiger partial charge in [-0.15, -0.1) is 0 Å². The zero-order chi connectivity index (χ0) is 19.5. The van der Waals surface area contributed by atoms with Crippen LogP contribution in [0.1, 0.15) is 44.6 Å². The maximum Gasteiger partial charge on any atom is 0.331 e. The quantitative estimate of drug-likeness (QED) is 0.518. The zero-order valence-electron chi connectivity index (χ0n) is 15.7. The predicted octanol–water partition coefficient (Wildman–Crippen LogP) is 3.33. The molecule has 2 rings (SSSR count). The first-order valence-electron chi connectivity index (χ1n) is 9.38. The van der Waals surface area contributed by atoms with E-state index in [1.807, 2.05) is 17.9 Å². The Hall–Kier alpha value is -2.81. The van der Waals surface area contributed by atoms with E-state index in [2.05, 4.69) is 0 Å². The van der Waals surface area contributed by atoms with Crippen molar-refractivity contribution in [3.63, 3.8) is 0 Å². The predicted molar refractivity (Wildman–Crippen MR) is 102 cm³/mol. The van der Waals surface area contributed by atoms with E-state index >= 15 is 0 Å². The second-order valence-electron chi connectivity index (χ2n) is 6.43. The summed E-state index contributed by atoms with van der Waals surface area (Å²) in [6.07, 6.45) is 8.50. The van der Waals surface area contributed by atoms with Gasteiger partial charge in [0.1, 0.15) is 11.8 Å². The average molecular weight is 370 g/mol. The molecule has 6 nitrogen and oxygen atoms in total. The molecule has 0 aliphatic heterocycles. The minimum absolute atomic E-state index is 0.00875. The molecule has 0 saturated heterocycles. The van der Waals surface area contributed by atoms with E-state index in [0.29, 0.717) is 12.3 Å². The van der Waals surface area contributed by atoms with E-state index in [4.69, 9.17) is 14.7 Å². The average Bonchev–Trinajstić information content (AvgIpc) is 2.71. The monoisotopic (exact) mass is 370 g/mol. The summed E-state index contributed by atoms with van der Waals surface area (Å²) in [4.78, 5) is 26.1. The molecule has 27 heavy (non-hydrogen) atoms. The molecule has 1 amide bonds. The molecule has 0 atom stereocenters. The normalized spacial score (nSPS) is 14.5. The second kappa shape index (κ2) is 11.0. The molecular formula is C21H26N2O4. The molecule has 1 aliphatic rings. The molecule has 144 valence electrons. The third kappa shape index (κ3) is 6.78. The first-order valence-corrected chi connectivity index (χ1v) is 9.38. The van der Waals surface area contributed by atoms with Crippen molar-refractivity contribution in [1.29, 1.82) is 5.26 Å². The minimum atomic E-state index is -0.548. The molecule has 0 N–H and O–H groups in total. The van der Waals surface area contributed by atoms with Gasteiger partial charge in [0, 0.05) is 18.7 Å². The smallest absolute Gasteiger partial charge is 0.331 e. The topological polar surface area (TPSA) is 79.6 Å². The first-order chi connectivity index (χ1) is 13.1. The summed E-state index contributed by atoms with van der Waals surface area (Å²) in [5, 5.41) is 8.48. The fourth-order valence-electron chi connectivity index (χ4n) is 3.25. The van der Waals surface area contributed by atoms with Gasteiger partial charge in [0.2, 0.25) is 0 Å². The lowest BCUT2D eigenvalue weighted by Crippen LogP contribution is -2.43. The van der Waals surface area contributed by atoms with Crippen LogP contribution in [0.3, 0.4) is 0 Å². The number of amides is 1. The van der Waals surface area contributed by atoms with Crippen LogP contribution in [-0.4, -0.2) is 42.6 Å². The summed E-state index contributed by atoms with van der Waals surface area (Å²) in [5.41, 5.74) is 0.792. The molecule has 1 aromatic carbocycles. The van der Waals surface area contributed by atoms with E-state index in [9.17, 15) is 9.59 Å². The van der Waals surface area contributed by atoms with Crippen molar-refractivity contribution in [1.82, 2.24) is 4.90 Å². The van der Waals surface area contributed by atoms with E-state index < -0.39 is 5.97 Å². The number of carbonyl (C=O) groups is 2. The Kier molecular flexibility index (Phi) is 8.37. The number of carbonyl (C=O) groups excluding carboxylic acids is 2. The van der Waals surface area contributed by atoms with E-state index in [-0.39, 0.29) is 25.2 Å². The second-order valence-corrected chi connectivity index (χ2v) is 6.43. The summed E-state index contributed by atoms with van der Waals surface area (Å²) in [6.45, 7) is 2.36. The molecule has 0 aromatic heterocycles. The zero-order valence-corrected chi connectivity index (χ0v) is 15.7. The molecule has 6 heteroatoms. The highest BCUT2D eigenvalue weighted by atomic mass is 16.5. The van der Waals surface area contributed by atoms with Gasteiger partial charge in [0.25, 0.3) is 5.91 Å². The van der Waals surface area contributed by atoms with Crippen LogP contribution >= 0.6 is 0 Å². The number of hydrogen-bond acceptors (Lipinski definition) is 5. The van der Waals surface area contributed by atoms with Crippen LogP contribution in [-0.2, 0) is 14.3 Å². The van der Waals surface area contributed by atoms with Crippen molar-refractivity contribution in [2.45, 2.75) is 45.1 Å². The van der Waals surface area contributed by atoms with Crippen LogP contribution in [0.2, 0.25) is 0 Å². The van der Waals surface area contributed by atoms with Gasteiger partial charge in [0.15, 0.2) is 13.2 Å².